The minimum Gasteiger partial charge on any atom is -0.494 e. The van der Waals surface area contributed by atoms with Crippen molar-refractivity contribution in [2.45, 2.75) is 12.5 Å². The molecule has 3 heterocycles. The highest BCUT2D eigenvalue weighted by Crippen LogP contribution is 2.34. The maximum Gasteiger partial charge on any atom is 0.171 e. The smallest absolute Gasteiger partial charge is 0.171 e. The summed E-state index contributed by atoms with van der Waals surface area (Å²) in [5.74, 6) is -1.70. The molecule has 162 valence electrons. The van der Waals surface area contributed by atoms with Crippen molar-refractivity contribution in [3.63, 3.8) is 0 Å². The zero-order valence-corrected chi connectivity index (χ0v) is 17.2. The van der Waals surface area contributed by atoms with Crippen LogP contribution in [0.25, 0.3) is 16.6 Å². The van der Waals surface area contributed by atoms with E-state index in [-0.39, 0.29) is 23.5 Å². The molecule has 9 heteroatoms. The Morgan fingerprint density at radius 3 is 2.52 bits per heavy atom. The Labute approximate surface area is 178 Å². The van der Waals surface area contributed by atoms with Crippen LogP contribution in [0.1, 0.15) is 16.7 Å². The normalized spacial score (nSPS) is 14.4. The molecular weight excluding hydrogens is 404 g/mol. The molecule has 0 aliphatic carbocycles. The molecule has 4 N–H and O–H groups in total. The van der Waals surface area contributed by atoms with E-state index < -0.39 is 11.6 Å². The van der Waals surface area contributed by atoms with Gasteiger partial charge in [-0.05, 0) is 11.6 Å². The fraction of sp³-hybridized carbons (Fsp3) is 0.273. The fourth-order valence-electron chi connectivity index (χ4n) is 3.47. The Morgan fingerprint density at radius 2 is 1.94 bits per heavy atom. The third-order valence-corrected chi connectivity index (χ3v) is 5.39. The van der Waals surface area contributed by atoms with Crippen LogP contribution >= 0.6 is 0 Å². The van der Waals surface area contributed by atoms with Gasteiger partial charge in [0.15, 0.2) is 23.1 Å². The summed E-state index contributed by atoms with van der Waals surface area (Å²) in [5, 5.41) is 14.9. The average Bonchev–Trinajstić information content (AvgIpc) is 3.15. The molecule has 4 rings (SSSR count). The topological polar surface area (TPSA) is 95.1 Å². The van der Waals surface area contributed by atoms with Gasteiger partial charge in [0.2, 0.25) is 0 Å². The number of H-pyrrole nitrogens is 1. The van der Waals surface area contributed by atoms with E-state index in [0.717, 1.165) is 24.0 Å². The van der Waals surface area contributed by atoms with Gasteiger partial charge in [-0.15, -0.1) is 0 Å². The lowest BCUT2D eigenvalue weighted by Gasteiger charge is -2.27. The molecule has 0 radical (unpaired) electrons. The van der Waals surface area contributed by atoms with Gasteiger partial charge in [-0.25, -0.2) is 13.8 Å². The number of halogens is 2. The first kappa shape index (κ1) is 20.8. The zero-order chi connectivity index (χ0) is 22.0. The van der Waals surface area contributed by atoms with Gasteiger partial charge < -0.3 is 30.5 Å². The molecule has 31 heavy (non-hydrogen) atoms. The molecule has 1 saturated heterocycles. The van der Waals surface area contributed by atoms with E-state index >= 15 is 0 Å². The van der Waals surface area contributed by atoms with Crippen LogP contribution in [0.3, 0.4) is 0 Å². The number of nitrogens with one attached hydrogen (secondary N) is 4. The standard InChI is InChI=1S/C22H23F2N5O2/c1-30-18-5-19(31-2)21(24)17(20(18)23)4-13-8-29-22-16(13)3-12(7-28-22)14(6-25)9-27-15-10-26-11-15/h3,5-9,15,25-27H,4,10-11H2,1-2H3,(H,28,29)/b14-9+,25-6?. The number of aromatic amines is 1. The molecule has 0 bridgehead atoms. The van der Waals surface area contributed by atoms with Gasteiger partial charge in [-0.2, -0.15) is 0 Å². The van der Waals surface area contributed by atoms with Gasteiger partial charge in [0.1, 0.15) is 5.65 Å². The lowest BCUT2D eigenvalue weighted by atomic mass is 10.0. The Morgan fingerprint density at radius 1 is 1.23 bits per heavy atom. The predicted molar refractivity (Wildman–Crippen MR) is 115 cm³/mol. The summed E-state index contributed by atoms with van der Waals surface area (Å²) >= 11 is 0. The van der Waals surface area contributed by atoms with Crippen molar-refractivity contribution in [3.05, 3.63) is 59.1 Å². The minimum atomic E-state index is -0.766. The van der Waals surface area contributed by atoms with Gasteiger partial charge in [-0.1, -0.05) is 0 Å². The molecule has 0 spiro atoms. The number of nitrogens with zero attached hydrogens (tertiary/aromatic N) is 1. The van der Waals surface area contributed by atoms with Crippen LogP contribution in [0, 0.1) is 17.0 Å². The largest absolute Gasteiger partial charge is 0.494 e. The number of fused-ring (bicyclic) bond motifs is 1. The van der Waals surface area contributed by atoms with Crippen molar-refractivity contribution in [3.8, 4) is 11.5 Å². The van der Waals surface area contributed by atoms with E-state index in [4.69, 9.17) is 14.9 Å². The number of ether oxygens (including phenoxy) is 2. The van der Waals surface area contributed by atoms with Gasteiger partial charge in [0.25, 0.3) is 0 Å². The van der Waals surface area contributed by atoms with E-state index in [1.807, 2.05) is 6.07 Å². The van der Waals surface area contributed by atoms with E-state index in [1.165, 1.54) is 26.5 Å². The van der Waals surface area contributed by atoms with E-state index in [2.05, 4.69) is 20.6 Å². The van der Waals surface area contributed by atoms with E-state index in [1.54, 1.807) is 18.6 Å². The molecular formula is C22H23F2N5O2. The predicted octanol–water partition coefficient (Wildman–Crippen LogP) is 3.00. The second-order valence-corrected chi connectivity index (χ2v) is 7.26. The summed E-state index contributed by atoms with van der Waals surface area (Å²) in [7, 11) is 2.64. The van der Waals surface area contributed by atoms with Crippen LogP contribution < -0.4 is 20.1 Å². The van der Waals surface area contributed by atoms with Crippen LogP contribution in [0.4, 0.5) is 8.78 Å². The number of allylic oxidation sites excluding steroid dienone is 1. The van der Waals surface area contributed by atoms with Gasteiger partial charge in [-0.3, -0.25) is 0 Å². The summed E-state index contributed by atoms with van der Waals surface area (Å²) in [4.78, 5) is 7.45. The molecule has 7 nitrogen and oxygen atoms in total. The number of benzene rings is 1. The average molecular weight is 427 g/mol. The molecule has 1 fully saturated rings. The molecule has 0 atom stereocenters. The van der Waals surface area contributed by atoms with Crippen molar-refractivity contribution in [2.75, 3.05) is 27.3 Å². The Bertz CT molecular complexity index is 1130. The van der Waals surface area contributed by atoms with Crippen molar-refractivity contribution in [1.29, 1.82) is 5.41 Å². The van der Waals surface area contributed by atoms with Crippen molar-refractivity contribution < 1.29 is 18.3 Å². The second kappa shape index (κ2) is 8.73. The molecule has 2 aromatic heterocycles. The van der Waals surface area contributed by atoms with Gasteiger partial charge >= 0.3 is 0 Å². The SMILES string of the molecule is COc1cc(OC)c(F)c(Cc2c[nH]c3ncc(/C(C=N)=C/NC4CNC4)cc23)c1F. The maximum atomic E-state index is 14.8. The number of methoxy groups -OCH3 is 2. The minimum absolute atomic E-state index is 0.0218. The monoisotopic (exact) mass is 427 g/mol. The zero-order valence-electron chi connectivity index (χ0n) is 17.2. The first-order valence-electron chi connectivity index (χ1n) is 9.78. The fourth-order valence-corrected chi connectivity index (χ4v) is 3.47. The van der Waals surface area contributed by atoms with Gasteiger partial charge in [0, 0.05) is 72.5 Å². The first-order chi connectivity index (χ1) is 15.0. The summed E-state index contributed by atoms with van der Waals surface area (Å²) in [6, 6.07) is 3.39. The first-order valence-corrected chi connectivity index (χ1v) is 9.78. The van der Waals surface area contributed by atoms with Crippen LogP contribution in [0.2, 0.25) is 0 Å². The summed E-state index contributed by atoms with van der Waals surface area (Å²) < 4.78 is 39.7. The molecule has 0 unspecified atom stereocenters. The van der Waals surface area contributed by atoms with Crippen molar-refractivity contribution >= 4 is 22.8 Å². The number of pyridine rings is 1. The number of hydrogen-bond acceptors (Lipinski definition) is 6. The quantitative estimate of drug-likeness (QED) is 0.415. The molecule has 1 aromatic carbocycles. The Hall–Kier alpha value is -3.46. The highest BCUT2D eigenvalue weighted by Gasteiger charge is 2.21. The van der Waals surface area contributed by atoms with E-state index in [0.29, 0.717) is 22.8 Å². The molecule has 1 aliphatic rings. The number of hydrogen-bond donors (Lipinski definition) is 4. The summed E-state index contributed by atoms with van der Waals surface area (Å²) in [6.07, 6.45) is 6.36. The van der Waals surface area contributed by atoms with Crippen LogP contribution in [-0.4, -0.2) is 49.5 Å². The van der Waals surface area contributed by atoms with Crippen LogP contribution in [0.15, 0.2) is 30.7 Å². The van der Waals surface area contributed by atoms with Crippen LogP contribution in [0.5, 0.6) is 11.5 Å². The Kier molecular flexibility index (Phi) is 5.85. The number of aromatic nitrogens is 2. The molecule has 0 amide bonds. The van der Waals surface area contributed by atoms with E-state index in [9.17, 15) is 8.78 Å². The Balaban J connectivity index is 1.71. The lowest BCUT2D eigenvalue weighted by Crippen LogP contribution is -2.53. The highest BCUT2D eigenvalue weighted by molar-refractivity contribution is 6.09. The molecule has 3 aromatic rings. The molecule has 1 aliphatic heterocycles. The van der Waals surface area contributed by atoms with Crippen molar-refractivity contribution in [2.24, 2.45) is 0 Å². The summed E-state index contributed by atoms with van der Waals surface area (Å²) in [5.41, 5.74) is 2.50. The number of rotatable bonds is 8. The van der Waals surface area contributed by atoms with Crippen LogP contribution in [-0.2, 0) is 6.42 Å². The summed E-state index contributed by atoms with van der Waals surface area (Å²) in [6.45, 7) is 1.75. The third-order valence-electron chi connectivity index (χ3n) is 5.39. The second-order valence-electron chi connectivity index (χ2n) is 7.26. The van der Waals surface area contributed by atoms with Crippen molar-refractivity contribution in [1.82, 2.24) is 20.6 Å². The third kappa shape index (κ3) is 3.96. The highest BCUT2D eigenvalue weighted by atomic mass is 19.1. The van der Waals surface area contributed by atoms with Gasteiger partial charge in [0.05, 0.1) is 20.3 Å². The molecule has 0 saturated carbocycles. The maximum absolute atomic E-state index is 14.8. The lowest BCUT2D eigenvalue weighted by molar-refractivity contribution is 0.354.